The molecule has 1 aromatic carbocycles. The zero-order chi connectivity index (χ0) is 22.8. The third kappa shape index (κ3) is 4.21. The second-order valence-electron chi connectivity index (χ2n) is 7.33. The van der Waals surface area contributed by atoms with Gasteiger partial charge in [-0.3, -0.25) is 4.79 Å². The number of rotatable bonds is 1. The SMILES string of the molecule is CN(F)C(=O)c1cc2c3c(c(N)nc2nc1Cl)COC3.N#Cc1ccc2c(c1)COCC2. The molecule has 0 spiro atoms. The number of amides is 1. The van der Waals surface area contributed by atoms with Crippen LogP contribution in [-0.4, -0.2) is 34.7 Å². The van der Waals surface area contributed by atoms with Crippen molar-refractivity contribution < 1.29 is 18.7 Å². The molecule has 32 heavy (non-hydrogen) atoms. The number of hydrogen-bond acceptors (Lipinski definition) is 7. The fraction of sp³-hybridized carbons (Fsp3) is 0.273. The second-order valence-corrected chi connectivity index (χ2v) is 7.68. The number of ether oxygens (including phenoxy) is 2. The first kappa shape index (κ1) is 21.9. The van der Waals surface area contributed by atoms with Crippen molar-refractivity contribution in [3.05, 3.63) is 62.8 Å². The molecule has 4 heterocycles. The van der Waals surface area contributed by atoms with Crippen molar-refractivity contribution in [2.45, 2.75) is 26.2 Å². The molecule has 0 saturated heterocycles. The highest BCUT2D eigenvalue weighted by atomic mass is 35.5. The Balaban J connectivity index is 0.000000174. The molecule has 164 valence electrons. The molecule has 2 aliphatic rings. The molecule has 1 amide bonds. The second kappa shape index (κ2) is 9.04. The van der Waals surface area contributed by atoms with Gasteiger partial charge in [-0.25, -0.2) is 9.97 Å². The number of nitrogens with zero attached hydrogens (tertiary/aromatic N) is 4. The fourth-order valence-electron chi connectivity index (χ4n) is 3.62. The number of carbonyl (C=O) groups excluding carboxylic acids is 1. The van der Waals surface area contributed by atoms with Crippen molar-refractivity contribution >= 4 is 34.4 Å². The van der Waals surface area contributed by atoms with E-state index < -0.39 is 5.91 Å². The number of benzene rings is 1. The summed E-state index contributed by atoms with van der Waals surface area (Å²) in [6.07, 6.45) is 0.973. The van der Waals surface area contributed by atoms with Crippen LogP contribution in [0.2, 0.25) is 5.15 Å². The summed E-state index contributed by atoms with van der Waals surface area (Å²) in [6.45, 7) is 2.17. The Kier molecular flexibility index (Phi) is 6.19. The van der Waals surface area contributed by atoms with Crippen molar-refractivity contribution in [1.29, 1.82) is 5.26 Å². The van der Waals surface area contributed by atoms with Crippen LogP contribution >= 0.6 is 11.6 Å². The Labute approximate surface area is 188 Å². The minimum absolute atomic E-state index is 0.0233. The zero-order valence-corrected chi connectivity index (χ0v) is 17.9. The molecule has 0 unspecified atom stereocenters. The van der Waals surface area contributed by atoms with Crippen LogP contribution in [0.25, 0.3) is 11.0 Å². The molecular formula is C22H19ClFN5O3. The van der Waals surface area contributed by atoms with Gasteiger partial charge in [0, 0.05) is 18.0 Å². The summed E-state index contributed by atoms with van der Waals surface area (Å²) in [4.78, 5) is 19.9. The Morgan fingerprint density at radius 1 is 1.19 bits per heavy atom. The van der Waals surface area contributed by atoms with Crippen molar-refractivity contribution in [3.8, 4) is 6.07 Å². The molecule has 8 nitrogen and oxygen atoms in total. The maximum atomic E-state index is 13.0. The minimum atomic E-state index is -0.867. The van der Waals surface area contributed by atoms with Crippen LogP contribution in [0.5, 0.6) is 0 Å². The summed E-state index contributed by atoms with van der Waals surface area (Å²) < 4.78 is 23.7. The molecule has 2 aromatic heterocycles. The normalized spacial score (nSPS) is 14.1. The molecule has 0 saturated carbocycles. The van der Waals surface area contributed by atoms with E-state index in [1.165, 1.54) is 17.2 Å². The van der Waals surface area contributed by atoms with Gasteiger partial charge in [0.2, 0.25) is 0 Å². The number of nitrogen functional groups attached to an aromatic ring is 1. The maximum Gasteiger partial charge on any atom is 0.284 e. The smallest absolute Gasteiger partial charge is 0.284 e. The first-order valence-electron chi connectivity index (χ1n) is 9.77. The molecule has 5 rings (SSSR count). The molecule has 0 bridgehead atoms. The average molecular weight is 456 g/mol. The van der Waals surface area contributed by atoms with Gasteiger partial charge in [-0.05, 0) is 41.3 Å². The summed E-state index contributed by atoms with van der Waals surface area (Å²) >= 11 is 5.91. The van der Waals surface area contributed by atoms with E-state index in [4.69, 9.17) is 32.1 Å². The van der Waals surface area contributed by atoms with Gasteiger partial charge >= 0.3 is 0 Å². The fourth-order valence-corrected chi connectivity index (χ4v) is 3.84. The molecule has 3 aromatic rings. The lowest BCUT2D eigenvalue weighted by atomic mass is 10.0. The van der Waals surface area contributed by atoms with E-state index in [2.05, 4.69) is 16.0 Å². The van der Waals surface area contributed by atoms with Gasteiger partial charge in [0.1, 0.15) is 11.0 Å². The molecule has 0 atom stereocenters. The van der Waals surface area contributed by atoms with E-state index in [9.17, 15) is 9.28 Å². The maximum absolute atomic E-state index is 13.0. The number of halogens is 2. The number of aromatic nitrogens is 2. The molecule has 0 aliphatic carbocycles. The van der Waals surface area contributed by atoms with Crippen LogP contribution in [0.4, 0.5) is 10.3 Å². The van der Waals surface area contributed by atoms with Crippen molar-refractivity contribution in [2.24, 2.45) is 0 Å². The molecule has 0 radical (unpaired) electrons. The Hall–Kier alpha value is -3.32. The van der Waals surface area contributed by atoms with Crippen molar-refractivity contribution in [3.63, 3.8) is 0 Å². The van der Waals surface area contributed by atoms with Gasteiger partial charge in [-0.1, -0.05) is 22.1 Å². The predicted molar refractivity (Wildman–Crippen MR) is 115 cm³/mol. The largest absolute Gasteiger partial charge is 0.383 e. The van der Waals surface area contributed by atoms with Crippen LogP contribution in [0.15, 0.2) is 24.3 Å². The van der Waals surface area contributed by atoms with Crippen LogP contribution < -0.4 is 5.73 Å². The molecule has 10 heteroatoms. The van der Waals surface area contributed by atoms with E-state index >= 15 is 0 Å². The minimum Gasteiger partial charge on any atom is -0.383 e. The highest BCUT2D eigenvalue weighted by Gasteiger charge is 2.23. The van der Waals surface area contributed by atoms with Gasteiger partial charge in [0.05, 0.1) is 43.6 Å². The summed E-state index contributed by atoms with van der Waals surface area (Å²) in [7, 11) is 0.998. The van der Waals surface area contributed by atoms with E-state index in [1.54, 1.807) is 0 Å². The Morgan fingerprint density at radius 2 is 1.97 bits per heavy atom. The lowest BCUT2D eigenvalue weighted by molar-refractivity contribution is 0.0343. The van der Waals surface area contributed by atoms with E-state index in [0.29, 0.717) is 36.7 Å². The number of fused-ring (bicyclic) bond motifs is 4. The number of carbonyl (C=O) groups is 1. The zero-order valence-electron chi connectivity index (χ0n) is 17.2. The van der Waals surface area contributed by atoms with Gasteiger partial charge in [0.25, 0.3) is 5.91 Å². The van der Waals surface area contributed by atoms with Crippen LogP contribution in [0.1, 0.15) is 38.2 Å². The molecule has 2 aliphatic heterocycles. The summed E-state index contributed by atoms with van der Waals surface area (Å²) in [5.74, 6) is -0.538. The Morgan fingerprint density at radius 3 is 2.72 bits per heavy atom. The summed E-state index contributed by atoms with van der Waals surface area (Å²) in [5, 5.41) is 9.09. The van der Waals surface area contributed by atoms with Crippen LogP contribution in [-0.2, 0) is 35.7 Å². The average Bonchev–Trinajstić information content (AvgIpc) is 3.29. The third-order valence-electron chi connectivity index (χ3n) is 5.29. The van der Waals surface area contributed by atoms with Gasteiger partial charge in [0.15, 0.2) is 5.65 Å². The third-order valence-corrected chi connectivity index (χ3v) is 5.58. The van der Waals surface area contributed by atoms with Crippen LogP contribution in [0, 0.1) is 11.3 Å². The number of anilines is 1. The standard InChI is InChI=1S/C12H10ClFN4O2.C10H9NO/c1-18(14)12(19)6-2-5-7-3-20-4-8(7)10(15)17-11(5)16-9(6)13;11-6-8-1-2-9-3-4-12-7-10(9)5-8/h2H,3-4H2,1H3,(H2,15,16,17);1-2,5H,3-4,7H2. The van der Waals surface area contributed by atoms with Gasteiger partial charge in [-0.15, -0.1) is 0 Å². The molecule has 2 N–H and O–H groups in total. The molecule has 0 fully saturated rings. The monoisotopic (exact) mass is 455 g/mol. The molecular weight excluding hydrogens is 437 g/mol. The van der Waals surface area contributed by atoms with E-state index in [-0.39, 0.29) is 15.8 Å². The number of hydrogen-bond donors (Lipinski definition) is 1. The van der Waals surface area contributed by atoms with E-state index in [1.807, 2.05) is 18.2 Å². The van der Waals surface area contributed by atoms with E-state index in [0.717, 1.165) is 36.8 Å². The lowest BCUT2D eigenvalue weighted by Gasteiger charge is -2.15. The number of nitrogens with two attached hydrogens (primary N) is 1. The predicted octanol–water partition coefficient (Wildman–Crippen LogP) is 3.48. The number of nitriles is 1. The Bertz CT molecular complexity index is 1260. The van der Waals surface area contributed by atoms with Crippen molar-refractivity contribution in [2.75, 3.05) is 19.4 Å². The lowest BCUT2D eigenvalue weighted by Crippen LogP contribution is -2.18. The highest BCUT2D eigenvalue weighted by molar-refractivity contribution is 6.33. The van der Waals surface area contributed by atoms with Crippen LogP contribution in [0.3, 0.4) is 0 Å². The van der Waals surface area contributed by atoms with Gasteiger partial charge < -0.3 is 15.2 Å². The first-order valence-corrected chi connectivity index (χ1v) is 10.2. The first-order chi connectivity index (χ1) is 15.4. The summed E-state index contributed by atoms with van der Waals surface area (Å²) in [6, 6.07) is 9.40. The van der Waals surface area contributed by atoms with Crippen molar-refractivity contribution in [1.82, 2.24) is 15.1 Å². The van der Waals surface area contributed by atoms with Gasteiger partial charge in [-0.2, -0.15) is 10.4 Å². The highest BCUT2D eigenvalue weighted by Crippen LogP contribution is 2.32. The topological polar surface area (TPSA) is 114 Å². The quantitative estimate of drug-likeness (QED) is 0.441. The summed E-state index contributed by atoms with van der Waals surface area (Å²) in [5.41, 5.74) is 10.9. The number of pyridine rings is 2.